The fourth-order valence-corrected chi connectivity index (χ4v) is 4.64. The van der Waals surface area contributed by atoms with Crippen molar-refractivity contribution in [1.29, 1.82) is 0 Å². The van der Waals surface area contributed by atoms with Crippen molar-refractivity contribution in [2.24, 2.45) is 11.8 Å². The molecule has 0 spiro atoms. The Hall–Kier alpha value is -3.35. The third kappa shape index (κ3) is 4.47. The van der Waals surface area contributed by atoms with Crippen LogP contribution in [-0.4, -0.2) is 54.2 Å². The van der Waals surface area contributed by atoms with Gasteiger partial charge < -0.3 is 20.1 Å². The van der Waals surface area contributed by atoms with Crippen LogP contribution in [0, 0.1) is 11.8 Å². The average Bonchev–Trinajstić information content (AvgIpc) is 3.41. The van der Waals surface area contributed by atoms with Crippen LogP contribution in [0.1, 0.15) is 36.8 Å². The predicted octanol–water partition coefficient (Wildman–Crippen LogP) is 3.48. The Kier molecular flexibility index (Phi) is 6.44. The summed E-state index contributed by atoms with van der Waals surface area (Å²) in [5, 5.41) is 11.8. The van der Waals surface area contributed by atoms with Crippen LogP contribution < -0.4 is 5.32 Å². The summed E-state index contributed by atoms with van der Waals surface area (Å²) in [6, 6.07) is 16.3. The lowest BCUT2D eigenvalue weighted by molar-refractivity contribution is -0.141. The number of fused-ring (bicyclic) bond motifs is 3. The van der Waals surface area contributed by atoms with Crippen molar-refractivity contribution in [3.8, 4) is 11.1 Å². The van der Waals surface area contributed by atoms with E-state index in [1.54, 1.807) is 11.8 Å². The molecule has 4 rings (SSSR count). The number of carboxylic acid groups (broad SMARTS) is 1. The Morgan fingerprint density at radius 3 is 2.31 bits per heavy atom. The van der Waals surface area contributed by atoms with Gasteiger partial charge in [0.15, 0.2) is 0 Å². The van der Waals surface area contributed by atoms with Gasteiger partial charge in [0.1, 0.15) is 6.61 Å². The normalized spacial score (nSPS) is 18.0. The van der Waals surface area contributed by atoms with Crippen molar-refractivity contribution in [2.45, 2.75) is 25.7 Å². The van der Waals surface area contributed by atoms with Gasteiger partial charge in [0.25, 0.3) is 0 Å². The summed E-state index contributed by atoms with van der Waals surface area (Å²) < 4.78 is 5.51. The van der Waals surface area contributed by atoms with E-state index in [9.17, 15) is 14.4 Å². The zero-order chi connectivity index (χ0) is 22.7. The van der Waals surface area contributed by atoms with E-state index in [0.29, 0.717) is 25.9 Å². The van der Waals surface area contributed by atoms with Gasteiger partial charge in [-0.15, -0.1) is 0 Å². The Morgan fingerprint density at radius 2 is 1.72 bits per heavy atom. The second-order valence-corrected chi connectivity index (χ2v) is 8.55. The Bertz CT molecular complexity index is 975. The van der Waals surface area contributed by atoms with E-state index < -0.39 is 18.0 Å². The molecule has 7 heteroatoms. The Labute approximate surface area is 187 Å². The van der Waals surface area contributed by atoms with Crippen LogP contribution in [0.5, 0.6) is 0 Å². The van der Waals surface area contributed by atoms with Crippen LogP contribution in [-0.2, 0) is 14.3 Å². The van der Waals surface area contributed by atoms with E-state index >= 15 is 0 Å². The van der Waals surface area contributed by atoms with Gasteiger partial charge in [0.2, 0.25) is 5.91 Å². The lowest BCUT2D eigenvalue weighted by Gasteiger charge is -2.21. The second-order valence-electron chi connectivity index (χ2n) is 8.55. The number of hydrogen-bond donors (Lipinski definition) is 2. The van der Waals surface area contributed by atoms with Crippen LogP contribution in [0.3, 0.4) is 0 Å². The fraction of sp³-hybridized carbons (Fsp3) is 0.400. The molecule has 2 N–H and O–H groups in total. The van der Waals surface area contributed by atoms with E-state index in [-0.39, 0.29) is 30.9 Å². The van der Waals surface area contributed by atoms with Crippen LogP contribution in [0.2, 0.25) is 0 Å². The highest BCUT2D eigenvalue weighted by molar-refractivity contribution is 5.81. The standard InChI is InChI=1S/C25H28N2O5/c1-16(23(28)27-13-11-17(14-27)24(29)30)10-12-26-25(31)32-15-22-20-8-4-2-6-18(20)19-7-3-5-9-21(19)22/h2-9,16-17,22H,10-15H2,1H3,(H,26,31)(H,29,30). The van der Waals surface area contributed by atoms with E-state index in [0.717, 1.165) is 11.1 Å². The number of likely N-dealkylation sites (tertiary alicyclic amines) is 1. The minimum atomic E-state index is -0.857. The highest BCUT2D eigenvalue weighted by atomic mass is 16.5. The first-order valence-corrected chi connectivity index (χ1v) is 11.1. The molecule has 2 atom stereocenters. The molecule has 2 aromatic rings. The smallest absolute Gasteiger partial charge is 0.407 e. The largest absolute Gasteiger partial charge is 0.481 e. The number of alkyl carbamates (subject to hydrolysis) is 1. The van der Waals surface area contributed by atoms with Gasteiger partial charge in [-0.1, -0.05) is 55.5 Å². The molecule has 1 fully saturated rings. The van der Waals surface area contributed by atoms with Crippen molar-refractivity contribution in [1.82, 2.24) is 10.2 Å². The zero-order valence-corrected chi connectivity index (χ0v) is 18.1. The summed E-state index contributed by atoms with van der Waals surface area (Å²) in [5.74, 6) is -1.69. The summed E-state index contributed by atoms with van der Waals surface area (Å²) in [6.07, 6.45) is 0.460. The first-order chi connectivity index (χ1) is 15.5. The number of carbonyl (C=O) groups is 3. The summed E-state index contributed by atoms with van der Waals surface area (Å²) in [4.78, 5) is 37.5. The van der Waals surface area contributed by atoms with Crippen molar-refractivity contribution >= 4 is 18.0 Å². The number of rotatable bonds is 7. The third-order valence-corrected chi connectivity index (χ3v) is 6.46. The molecule has 2 aliphatic rings. The van der Waals surface area contributed by atoms with Gasteiger partial charge in [-0.25, -0.2) is 4.79 Å². The maximum Gasteiger partial charge on any atom is 0.407 e. The van der Waals surface area contributed by atoms with Gasteiger partial charge in [-0.3, -0.25) is 9.59 Å². The number of benzene rings is 2. The minimum Gasteiger partial charge on any atom is -0.481 e. The summed E-state index contributed by atoms with van der Waals surface area (Å²) in [5.41, 5.74) is 4.67. The molecule has 0 radical (unpaired) electrons. The quantitative estimate of drug-likeness (QED) is 0.693. The number of amides is 2. The fourth-order valence-electron chi connectivity index (χ4n) is 4.64. The molecule has 1 saturated heterocycles. The molecule has 32 heavy (non-hydrogen) atoms. The third-order valence-electron chi connectivity index (χ3n) is 6.46. The van der Waals surface area contributed by atoms with Gasteiger partial charge in [0, 0.05) is 31.5 Å². The number of hydrogen-bond acceptors (Lipinski definition) is 4. The molecule has 0 saturated carbocycles. The molecule has 2 aromatic carbocycles. The minimum absolute atomic E-state index is 0.00555. The van der Waals surface area contributed by atoms with E-state index in [1.165, 1.54) is 11.1 Å². The van der Waals surface area contributed by atoms with Gasteiger partial charge in [-0.2, -0.15) is 0 Å². The van der Waals surface area contributed by atoms with Crippen molar-refractivity contribution in [3.05, 3.63) is 59.7 Å². The van der Waals surface area contributed by atoms with Crippen molar-refractivity contribution < 1.29 is 24.2 Å². The number of nitrogens with one attached hydrogen (secondary N) is 1. The number of nitrogens with zero attached hydrogens (tertiary/aromatic N) is 1. The van der Waals surface area contributed by atoms with Gasteiger partial charge in [-0.05, 0) is 35.1 Å². The van der Waals surface area contributed by atoms with Crippen molar-refractivity contribution in [2.75, 3.05) is 26.2 Å². The lowest BCUT2D eigenvalue weighted by Crippen LogP contribution is -2.36. The molecule has 1 aliphatic heterocycles. The van der Waals surface area contributed by atoms with E-state index in [2.05, 4.69) is 29.6 Å². The van der Waals surface area contributed by atoms with E-state index in [1.807, 2.05) is 24.3 Å². The highest BCUT2D eigenvalue weighted by Crippen LogP contribution is 2.44. The number of carbonyl (C=O) groups excluding carboxylic acids is 2. The molecule has 168 valence electrons. The topological polar surface area (TPSA) is 95.9 Å². The van der Waals surface area contributed by atoms with Crippen molar-refractivity contribution in [3.63, 3.8) is 0 Å². The molecule has 2 amide bonds. The molecule has 7 nitrogen and oxygen atoms in total. The SMILES string of the molecule is CC(CCNC(=O)OCC1c2ccccc2-c2ccccc21)C(=O)N1CCC(C(=O)O)C1. The maximum absolute atomic E-state index is 12.5. The summed E-state index contributed by atoms with van der Waals surface area (Å²) in [6.45, 7) is 3.10. The first kappa shape index (κ1) is 21.9. The van der Waals surface area contributed by atoms with Gasteiger partial charge in [0.05, 0.1) is 5.92 Å². The molecule has 2 unspecified atom stereocenters. The van der Waals surface area contributed by atoms with Crippen LogP contribution >= 0.6 is 0 Å². The Morgan fingerprint density at radius 1 is 1.09 bits per heavy atom. The molecule has 0 bridgehead atoms. The molecule has 1 heterocycles. The summed E-state index contributed by atoms with van der Waals surface area (Å²) in [7, 11) is 0. The van der Waals surface area contributed by atoms with Crippen LogP contribution in [0.15, 0.2) is 48.5 Å². The molecular formula is C25H28N2O5. The number of aliphatic carboxylic acids is 1. The van der Waals surface area contributed by atoms with Crippen LogP contribution in [0.4, 0.5) is 4.79 Å². The number of ether oxygens (including phenoxy) is 1. The second kappa shape index (κ2) is 9.42. The molecular weight excluding hydrogens is 408 g/mol. The molecule has 1 aliphatic carbocycles. The van der Waals surface area contributed by atoms with Crippen LogP contribution in [0.25, 0.3) is 11.1 Å². The van der Waals surface area contributed by atoms with Gasteiger partial charge >= 0.3 is 12.1 Å². The monoisotopic (exact) mass is 436 g/mol. The lowest BCUT2D eigenvalue weighted by atomic mass is 9.98. The van der Waals surface area contributed by atoms with E-state index in [4.69, 9.17) is 9.84 Å². The average molecular weight is 437 g/mol. The number of carboxylic acids is 1. The highest BCUT2D eigenvalue weighted by Gasteiger charge is 2.32. The Balaban J connectivity index is 1.24. The zero-order valence-electron chi connectivity index (χ0n) is 18.1. The first-order valence-electron chi connectivity index (χ1n) is 11.1. The molecule has 0 aromatic heterocycles. The summed E-state index contributed by atoms with van der Waals surface area (Å²) >= 11 is 0. The maximum atomic E-state index is 12.5. The predicted molar refractivity (Wildman–Crippen MR) is 119 cm³/mol.